The van der Waals surface area contributed by atoms with Gasteiger partial charge in [-0.25, -0.2) is 0 Å². The van der Waals surface area contributed by atoms with Gasteiger partial charge in [-0.1, -0.05) is 156 Å². The Labute approximate surface area is 539 Å². The Morgan fingerprint density at radius 1 is 0.304 bits per heavy atom. The van der Waals surface area contributed by atoms with Gasteiger partial charge in [-0.3, -0.25) is 0 Å². The Morgan fingerprint density at radius 3 is 0.826 bits per heavy atom. The minimum Gasteiger partial charge on any atom is -0.196 e. The zero-order valence-electron chi connectivity index (χ0n) is 54.3. The van der Waals surface area contributed by atoms with Crippen molar-refractivity contribution in [2.24, 2.45) is 21.7 Å². The summed E-state index contributed by atoms with van der Waals surface area (Å²) in [7, 11) is 0. The van der Waals surface area contributed by atoms with Crippen molar-refractivity contribution in [2.45, 2.75) is 156 Å². The molecule has 444 valence electrons. The molecular weight excluding hydrogens is 1120 g/mol. The van der Waals surface area contributed by atoms with Crippen LogP contribution >= 0.6 is 0 Å². The highest BCUT2D eigenvalue weighted by Crippen LogP contribution is 2.79. The standard InChI is InChI=1S/C84H68N8/c1-13-53-57-29-58-54(14-2)71-75-66(50-23-43(7)18-44(8)24-50)62(58)31-61(57)65(49-21-41(5)17-42(6)22-49)73-69(53)77-70-55(15-3)59-30-60-56(16-4)72-76(80(75)84(39-91,40-92)82(35-87,36-88)78(71)72)68(52-27-47(11)20-48(12)28-52)64(60)32-63(59)67(51-25-45(9)19-46(10)26-51)74(70)79(73)83(37-89,38-90)81(77,33-85)34-86/h17-32,53,56,65,68,77-80H,13-16H2,1-12H3/t53-,56-,65-,68-,77+,78-,79-,80+/m1/s1. The molecule has 0 saturated heterocycles. The van der Waals surface area contributed by atoms with Gasteiger partial charge in [0.2, 0.25) is 0 Å². The highest BCUT2D eigenvalue weighted by molar-refractivity contribution is 6.07. The fraction of sp³-hybridized carbons (Fsp3) is 0.333. The fourth-order valence-corrected chi connectivity index (χ4v) is 20.8. The molecule has 8 nitrogen and oxygen atoms in total. The molecule has 8 aliphatic rings. The van der Waals surface area contributed by atoms with Crippen molar-refractivity contribution in [3.8, 4) is 70.8 Å². The number of aryl methyl sites for hydroxylation is 10. The van der Waals surface area contributed by atoms with Gasteiger partial charge in [-0.15, -0.1) is 0 Å². The van der Waals surface area contributed by atoms with Crippen molar-refractivity contribution in [3.05, 3.63) is 231 Å². The quantitative estimate of drug-likeness (QED) is 0.134. The molecule has 0 unspecified atom stereocenters. The van der Waals surface area contributed by atoms with E-state index in [1.165, 1.54) is 0 Å². The molecule has 8 aliphatic carbocycles. The van der Waals surface area contributed by atoms with E-state index in [-0.39, 0.29) is 0 Å². The van der Waals surface area contributed by atoms with E-state index in [4.69, 9.17) is 0 Å². The Balaban J connectivity index is 1.31. The van der Waals surface area contributed by atoms with Crippen LogP contribution in [0.3, 0.4) is 0 Å². The molecule has 92 heavy (non-hydrogen) atoms. The predicted molar refractivity (Wildman–Crippen MR) is 358 cm³/mol. The lowest BCUT2D eigenvalue weighted by Gasteiger charge is -2.60. The van der Waals surface area contributed by atoms with Gasteiger partial charge < -0.3 is 0 Å². The summed E-state index contributed by atoms with van der Waals surface area (Å²) in [6.45, 7) is 25.4. The zero-order valence-corrected chi connectivity index (χ0v) is 54.3. The first-order valence-corrected chi connectivity index (χ1v) is 32.7. The number of hydrogen-bond donors (Lipinski definition) is 0. The van der Waals surface area contributed by atoms with E-state index in [2.05, 4.69) is 229 Å². The van der Waals surface area contributed by atoms with E-state index in [1.807, 2.05) is 0 Å². The van der Waals surface area contributed by atoms with Gasteiger partial charge in [0.05, 0.1) is 48.6 Å². The number of nitrogens with zero attached hydrogens (tertiary/aromatic N) is 8. The highest BCUT2D eigenvalue weighted by atomic mass is 14.7. The van der Waals surface area contributed by atoms with Gasteiger partial charge in [-0.2, -0.15) is 42.1 Å². The molecule has 16 rings (SSSR count). The second-order valence-electron chi connectivity index (χ2n) is 28.2. The van der Waals surface area contributed by atoms with E-state index in [0.717, 1.165) is 177 Å². The van der Waals surface area contributed by atoms with E-state index >= 15 is 0 Å². The Morgan fingerprint density at radius 2 is 0.565 bits per heavy atom. The predicted octanol–water partition coefficient (Wildman–Crippen LogP) is 19.0. The maximum Gasteiger partial charge on any atom is 0.186 e. The molecule has 0 spiro atoms. The van der Waals surface area contributed by atoms with Gasteiger partial charge in [-0.05, 0) is 227 Å². The van der Waals surface area contributed by atoms with Gasteiger partial charge in [0.25, 0.3) is 0 Å². The van der Waals surface area contributed by atoms with Crippen molar-refractivity contribution in [1.82, 2.24) is 0 Å². The summed E-state index contributed by atoms with van der Waals surface area (Å²) >= 11 is 0. The van der Waals surface area contributed by atoms with Crippen LogP contribution in [-0.4, -0.2) is 0 Å². The molecule has 0 amide bonds. The maximum atomic E-state index is 12.5. The van der Waals surface area contributed by atoms with Crippen LogP contribution in [0.5, 0.6) is 0 Å². The highest BCUT2D eigenvalue weighted by Gasteiger charge is 2.76. The van der Waals surface area contributed by atoms with E-state index in [0.29, 0.717) is 25.7 Å². The molecule has 0 radical (unpaired) electrons. The van der Waals surface area contributed by atoms with Crippen molar-refractivity contribution in [2.75, 3.05) is 0 Å². The minimum absolute atomic E-state index is 0.424. The lowest BCUT2D eigenvalue weighted by molar-refractivity contribution is 0.178. The van der Waals surface area contributed by atoms with Crippen molar-refractivity contribution >= 4 is 21.5 Å². The Bertz CT molecular complexity index is 4810. The van der Waals surface area contributed by atoms with Gasteiger partial charge in [0.1, 0.15) is 0 Å². The van der Waals surface area contributed by atoms with Crippen LogP contribution < -0.4 is 0 Å². The SMILES string of the molecule is CCc1c2c3c(-c4cc(C)cc(C)c4)c4cc5c(cc14)[C@@H](CC)C1=C([C@@H]5c4cc(C)cc(C)c4)[C@@H]4c5c(c(CC)c6cc7c(cc6c5-c5cc(C)cc(C)c5)[C@@H](c5cc(C)cc(C)c5)C5=C([C@@H]7CC)[C@@H]2C(C#N)(C#N)C(C#N)(C#N)[C@H]53)[C@H]1C(C#N)(C#N)C4(C#N)C#N. The molecule has 0 saturated carbocycles. The molecule has 0 aliphatic heterocycles. The lowest BCUT2D eigenvalue weighted by Crippen LogP contribution is -2.57. The van der Waals surface area contributed by atoms with Crippen LogP contribution in [0.1, 0.15) is 199 Å². The van der Waals surface area contributed by atoms with Crippen LogP contribution in [0.25, 0.3) is 43.8 Å². The van der Waals surface area contributed by atoms with Crippen LogP contribution in [0.4, 0.5) is 0 Å². The molecule has 0 fully saturated rings. The summed E-state index contributed by atoms with van der Waals surface area (Å²) in [5, 5.41) is 103. The van der Waals surface area contributed by atoms with Crippen molar-refractivity contribution in [1.29, 1.82) is 42.1 Å². The molecule has 8 aromatic rings. The smallest absolute Gasteiger partial charge is 0.186 e. The molecule has 0 aromatic heterocycles. The van der Waals surface area contributed by atoms with Gasteiger partial charge in [0.15, 0.2) is 21.7 Å². The fourth-order valence-electron chi connectivity index (χ4n) is 20.8. The van der Waals surface area contributed by atoms with Gasteiger partial charge >= 0.3 is 0 Å². The summed E-state index contributed by atoms with van der Waals surface area (Å²) in [6.07, 6.45) is 2.06. The minimum atomic E-state index is -2.23. The van der Waals surface area contributed by atoms with Crippen LogP contribution in [0.2, 0.25) is 0 Å². The average molecular weight is 1190 g/mol. The zero-order chi connectivity index (χ0) is 64.9. The largest absolute Gasteiger partial charge is 0.196 e. The van der Waals surface area contributed by atoms with Crippen LogP contribution in [0.15, 0.2) is 119 Å². The van der Waals surface area contributed by atoms with E-state index < -0.39 is 69.0 Å². The third kappa shape index (κ3) is 6.68. The third-order valence-electron chi connectivity index (χ3n) is 23.3. The Hall–Kier alpha value is -10.3. The first-order valence-electron chi connectivity index (χ1n) is 32.7. The van der Waals surface area contributed by atoms with Crippen molar-refractivity contribution < 1.29 is 0 Å². The lowest BCUT2D eigenvalue weighted by atomic mass is 9.37. The van der Waals surface area contributed by atoms with E-state index in [9.17, 15) is 42.1 Å². The maximum absolute atomic E-state index is 12.5. The summed E-state index contributed by atoms with van der Waals surface area (Å²) in [6, 6.07) is 56.7. The number of benzene rings is 8. The Kier molecular flexibility index (Phi) is 12.4. The molecule has 0 N–H and O–H groups in total. The number of hydrogen-bond acceptors (Lipinski definition) is 8. The molecule has 8 atom stereocenters. The van der Waals surface area contributed by atoms with Crippen LogP contribution in [-0.2, 0) is 12.8 Å². The second-order valence-corrected chi connectivity index (χ2v) is 28.2. The summed E-state index contributed by atoms with van der Waals surface area (Å²) in [5.74, 6) is -6.34. The third-order valence-corrected chi connectivity index (χ3v) is 23.3. The van der Waals surface area contributed by atoms with Crippen LogP contribution in [0, 0.1) is 168 Å². The first kappa shape index (κ1) is 58.1. The molecule has 4 bridgehead atoms. The topological polar surface area (TPSA) is 190 Å². The number of rotatable bonds is 8. The first-order chi connectivity index (χ1) is 44.3. The number of fused-ring (bicyclic) bond motifs is 6. The molecule has 0 heterocycles. The second kappa shape index (κ2) is 19.6. The summed E-state index contributed by atoms with van der Waals surface area (Å²) in [4.78, 5) is 0. The molecular formula is C84H68N8. The van der Waals surface area contributed by atoms with Crippen molar-refractivity contribution in [3.63, 3.8) is 0 Å². The number of allylic oxidation sites excluding steroid dienone is 4. The number of nitriles is 8. The molecule has 8 heteroatoms. The normalized spacial score (nSPS) is 23.3. The monoisotopic (exact) mass is 1190 g/mol. The van der Waals surface area contributed by atoms with E-state index in [1.54, 1.807) is 0 Å². The summed E-state index contributed by atoms with van der Waals surface area (Å²) < 4.78 is 0. The summed E-state index contributed by atoms with van der Waals surface area (Å²) in [5.41, 5.74) is 17.7. The average Bonchev–Trinajstić information content (AvgIpc) is 0.649. The molecule has 8 aromatic carbocycles. The van der Waals surface area contributed by atoms with Gasteiger partial charge in [0, 0.05) is 47.3 Å².